The van der Waals surface area contributed by atoms with Crippen LogP contribution < -0.4 is 10.5 Å². The Morgan fingerprint density at radius 1 is 1.05 bits per heavy atom. The van der Waals surface area contributed by atoms with Crippen molar-refractivity contribution in [3.05, 3.63) is 59.2 Å². The predicted octanol–water partition coefficient (Wildman–Crippen LogP) is 2.56. The van der Waals surface area contributed by atoms with Gasteiger partial charge in [0.2, 0.25) is 0 Å². The van der Waals surface area contributed by atoms with Crippen LogP contribution in [0.3, 0.4) is 0 Å². The molecule has 0 amide bonds. The van der Waals surface area contributed by atoms with E-state index < -0.39 is 10.0 Å². The quantitative estimate of drug-likeness (QED) is 0.909. The first-order valence-corrected chi connectivity index (χ1v) is 7.80. The summed E-state index contributed by atoms with van der Waals surface area (Å²) in [5.74, 6) is 0. The first-order valence-electron chi connectivity index (χ1n) is 6.31. The lowest BCUT2D eigenvalue weighted by molar-refractivity contribution is 0.601. The molecule has 0 saturated heterocycles. The van der Waals surface area contributed by atoms with Gasteiger partial charge in [-0.05, 0) is 48.7 Å². The molecular weight excluding hydrogens is 272 g/mol. The maximum Gasteiger partial charge on any atom is 0.261 e. The van der Waals surface area contributed by atoms with E-state index in [1.807, 2.05) is 32.0 Å². The normalized spacial score (nSPS) is 11.3. The second kappa shape index (κ2) is 5.64. The zero-order chi connectivity index (χ0) is 14.8. The minimum absolute atomic E-state index is 0.232. The Kier molecular flexibility index (Phi) is 4.11. The Morgan fingerprint density at radius 2 is 1.70 bits per heavy atom. The number of nitrogens with two attached hydrogens (primary N) is 1. The molecule has 0 bridgehead atoms. The third kappa shape index (κ3) is 3.18. The molecule has 0 atom stereocenters. The number of anilines is 1. The van der Waals surface area contributed by atoms with Gasteiger partial charge in [0, 0.05) is 6.54 Å². The Hall–Kier alpha value is -1.85. The highest BCUT2D eigenvalue weighted by atomic mass is 32.2. The monoisotopic (exact) mass is 290 g/mol. The largest absolute Gasteiger partial charge is 0.326 e. The van der Waals surface area contributed by atoms with E-state index in [1.54, 1.807) is 24.3 Å². The first kappa shape index (κ1) is 14.6. The Balaban J connectivity index is 2.32. The first-order chi connectivity index (χ1) is 9.42. The molecule has 2 aromatic rings. The van der Waals surface area contributed by atoms with E-state index in [0.717, 1.165) is 16.7 Å². The van der Waals surface area contributed by atoms with E-state index in [-0.39, 0.29) is 4.90 Å². The molecule has 3 N–H and O–H groups in total. The molecule has 0 radical (unpaired) electrons. The molecule has 0 unspecified atom stereocenters. The number of benzene rings is 2. The van der Waals surface area contributed by atoms with Crippen LogP contribution in [0.1, 0.15) is 16.7 Å². The van der Waals surface area contributed by atoms with Crippen LogP contribution in [-0.2, 0) is 16.6 Å². The van der Waals surface area contributed by atoms with Crippen LogP contribution in [0.5, 0.6) is 0 Å². The van der Waals surface area contributed by atoms with Gasteiger partial charge >= 0.3 is 0 Å². The fraction of sp³-hybridized carbons (Fsp3) is 0.200. The molecule has 0 saturated carbocycles. The second-order valence-corrected chi connectivity index (χ2v) is 6.45. The van der Waals surface area contributed by atoms with Gasteiger partial charge in [-0.25, -0.2) is 8.42 Å². The number of hydrogen-bond donors (Lipinski definition) is 2. The average molecular weight is 290 g/mol. The van der Waals surface area contributed by atoms with Crippen molar-refractivity contribution in [1.29, 1.82) is 0 Å². The average Bonchev–Trinajstić information content (AvgIpc) is 2.43. The topological polar surface area (TPSA) is 72.2 Å². The maximum absolute atomic E-state index is 12.3. The summed E-state index contributed by atoms with van der Waals surface area (Å²) >= 11 is 0. The van der Waals surface area contributed by atoms with Crippen LogP contribution in [0.25, 0.3) is 0 Å². The van der Waals surface area contributed by atoms with E-state index in [4.69, 9.17) is 5.73 Å². The number of sulfonamides is 1. The summed E-state index contributed by atoms with van der Waals surface area (Å²) in [4.78, 5) is 0.232. The van der Waals surface area contributed by atoms with Gasteiger partial charge in [-0.2, -0.15) is 0 Å². The van der Waals surface area contributed by atoms with Crippen LogP contribution in [0, 0.1) is 13.8 Å². The van der Waals surface area contributed by atoms with Crippen LogP contribution >= 0.6 is 0 Å². The van der Waals surface area contributed by atoms with E-state index in [1.165, 1.54) is 0 Å². The minimum Gasteiger partial charge on any atom is -0.326 e. The lowest BCUT2D eigenvalue weighted by atomic mass is 10.1. The van der Waals surface area contributed by atoms with Gasteiger partial charge in [-0.1, -0.05) is 24.3 Å². The highest BCUT2D eigenvalue weighted by Gasteiger charge is 2.15. The maximum atomic E-state index is 12.3. The third-order valence-electron chi connectivity index (χ3n) is 3.11. The van der Waals surface area contributed by atoms with Gasteiger partial charge in [-0.3, -0.25) is 4.72 Å². The SMILES string of the molecule is Cc1ccc(C)c(NS(=O)(=O)c2ccc(CN)cc2)c1. The lowest BCUT2D eigenvalue weighted by Gasteiger charge is -2.11. The molecular formula is C15H18N2O2S. The van der Waals surface area contributed by atoms with Gasteiger partial charge in [-0.15, -0.1) is 0 Å². The van der Waals surface area contributed by atoms with Gasteiger partial charge < -0.3 is 5.73 Å². The van der Waals surface area contributed by atoms with Crippen molar-refractivity contribution < 1.29 is 8.42 Å². The minimum atomic E-state index is -3.57. The zero-order valence-corrected chi connectivity index (χ0v) is 12.4. The van der Waals surface area contributed by atoms with Crippen molar-refractivity contribution in [3.63, 3.8) is 0 Å². The number of rotatable bonds is 4. The number of nitrogens with one attached hydrogen (secondary N) is 1. The highest BCUT2D eigenvalue weighted by Crippen LogP contribution is 2.21. The zero-order valence-electron chi connectivity index (χ0n) is 11.6. The molecule has 0 aliphatic rings. The molecule has 0 aromatic heterocycles. The third-order valence-corrected chi connectivity index (χ3v) is 4.49. The van der Waals surface area contributed by atoms with Crippen molar-refractivity contribution in [2.24, 2.45) is 5.73 Å². The molecule has 5 heteroatoms. The van der Waals surface area contributed by atoms with Gasteiger partial charge in [0.1, 0.15) is 0 Å². The van der Waals surface area contributed by atoms with E-state index in [9.17, 15) is 8.42 Å². The highest BCUT2D eigenvalue weighted by molar-refractivity contribution is 7.92. The Morgan fingerprint density at radius 3 is 2.30 bits per heavy atom. The van der Waals surface area contributed by atoms with E-state index in [0.29, 0.717) is 12.2 Å². The summed E-state index contributed by atoms with van der Waals surface area (Å²) in [6.07, 6.45) is 0. The summed E-state index contributed by atoms with van der Waals surface area (Å²) in [7, 11) is -3.57. The lowest BCUT2D eigenvalue weighted by Crippen LogP contribution is -2.14. The van der Waals surface area contributed by atoms with E-state index in [2.05, 4.69) is 4.72 Å². The van der Waals surface area contributed by atoms with Gasteiger partial charge in [0.25, 0.3) is 10.0 Å². The predicted molar refractivity (Wildman–Crippen MR) is 81.1 cm³/mol. The van der Waals surface area contributed by atoms with Crippen molar-refractivity contribution in [2.45, 2.75) is 25.3 Å². The summed E-state index contributed by atoms with van der Waals surface area (Å²) in [6, 6.07) is 12.2. The van der Waals surface area contributed by atoms with Crippen molar-refractivity contribution >= 4 is 15.7 Å². The molecule has 106 valence electrons. The smallest absolute Gasteiger partial charge is 0.261 e. The standard InChI is InChI=1S/C15H18N2O2S/c1-11-3-4-12(2)15(9-11)17-20(18,19)14-7-5-13(10-16)6-8-14/h3-9,17H,10,16H2,1-2H3. The molecule has 0 spiro atoms. The molecule has 0 aliphatic carbocycles. The van der Waals surface area contributed by atoms with Crippen LogP contribution in [0.4, 0.5) is 5.69 Å². The van der Waals surface area contributed by atoms with Crippen LogP contribution in [0.15, 0.2) is 47.4 Å². The summed E-state index contributed by atoms with van der Waals surface area (Å²) < 4.78 is 27.3. The molecule has 2 aromatic carbocycles. The Bertz CT molecular complexity index is 707. The molecule has 2 rings (SSSR count). The van der Waals surface area contributed by atoms with Crippen molar-refractivity contribution in [3.8, 4) is 0 Å². The second-order valence-electron chi connectivity index (χ2n) is 4.77. The molecule has 20 heavy (non-hydrogen) atoms. The molecule has 0 aliphatic heterocycles. The molecule has 0 heterocycles. The number of aryl methyl sites for hydroxylation is 2. The van der Waals surface area contributed by atoms with E-state index >= 15 is 0 Å². The van der Waals surface area contributed by atoms with Crippen LogP contribution in [0.2, 0.25) is 0 Å². The van der Waals surface area contributed by atoms with Gasteiger partial charge in [0.15, 0.2) is 0 Å². The summed E-state index contributed by atoms with van der Waals surface area (Å²) in [5.41, 5.74) is 8.90. The van der Waals surface area contributed by atoms with Gasteiger partial charge in [0.05, 0.1) is 10.6 Å². The molecule has 4 nitrogen and oxygen atoms in total. The fourth-order valence-electron chi connectivity index (χ4n) is 1.85. The number of hydrogen-bond acceptors (Lipinski definition) is 3. The van der Waals surface area contributed by atoms with Crippen LogP contribution in [-0.4, -0.2) is 8.42 Å². The molecule has 0 fully saturated rings. The van der Waals surface area contributed by atoms with Crippen molar-refractivity contribution in [1.82, 2.24) is 0 Å². The Labute approximate surface area is 119 Å². The van der Waals surface area contributed by atoms with Crippen molar-refractivity contribution in [2.75, 3.05) is 4.72 Å². The summed E-state index contributed by atoms with van der Waals surface area (Å²) in [6.45, 7) is 4.19. The summed E-state index contributed by atoms with van der Waals surface area (Å²) in [5, 5.41) is 0. The fourth-order valence-corrected chi connectivity index (χ4v) is 2.98.